The van der Waals surface area contributed by atoms with Gasteiger partial charge >= 0.3 is 6.36 Å². The minimum Gasteiger partial charge on any atom is -0.398 e. The van der Waals surface area contributed by atoms with E-state index >= 15 is 0 Å². The molecule has 14 heavy (non-hydrogen) atoms. The molecule has 0 atom stereocenters. The number of rotatable bonds is 1. The molecule has 0 aliphatic rings. The molecule has 0 N–H and O–H groups in total. The van der Waals surface area contributed by atoms with E-state index in [1.807, 2.05) is 0 Å². The van der Waals surface area contributed by atoms with Crippen LogP contribution in [0.2, 0.25) is 0 Å². The number of hydrogen-bond acceptors (Lipinski definition) is 2. The fourth-order valence-electron chi connectivity index (χ4n) is 0.792. The number of hydrogen-bond donors (Lipinski definition) is 0. The Morgan fingerprint density at radius 2 is 1.86 bits per heavy atom. The standard InChI is InChI=1S/C7H4F5NO/c1-3-2-4(8)5(6(9)13-3)14-7(10,11)12/h2H,1H3. The topological polar surface area (TPSA) is 22.1 Å². The number of ether oxygens (including phenoxy) is 1. The summed E-state index contributed by atoms with van der Waals surface area (Å²) in [4.78, 5) is 2.99. The number of aryl methyl sites for hydroxylation is 1. The predicted molar refractivity (Wildman–Crippen MR) is 35.6 cm³/mol. The molecule has 7 heteroatoms. The van der Waals surface area contributed by atoms with Crippen molar-refractivity contribution >= 4 is 0 Å². The maximum Gasteiger partial charge on any atom is 0.573 e. The summed E-state index contributed by atoms with van der Waals surface area (Å²) in [5.74, 6) is -4.60. The maximum absolute atomic E-state index is 12.7. The van der Waals surface area contributed by atoms with Gasteiger partial charge in [-0.25, -0.2) is 9.37 Å². The molecule has 0 amide bonds. The summed E-state index contributed by atoms with van der Waals surface area (Å²) in [5, 5.41) is 0. The molecule has 2 nitrogen and oxygen atoms in total. The van der Waals surface area contributed by atoms with Gasteiger partial charge in [-0.15, -0.1) is 13.2 Å². The van der Waals surface area contributed by atoms with Crippen LogP contribution in [0.4, 0.5) is 22.0 Å². The Morgan fingerprint density at radius 3 is 2.29 bits per heavy atom. The molecule has 1 heterocycles. The van der Waals surface area contributed by atoms with Crippen molar-refractivity contribution < 1.29 is 26.7 Å². The quantitative estimate of drug-likeness (QED) is 0.528. The number of alkyl halides is 3. The Hall–Kier alpha value is -1.40. The highest BCUT2D eigenvalue weighted by molar-refractivity contribution is 5.24. The zero-order valence-corrected chi connectivity index (χ0v) is 6.82. The van der Waals surface area contributed by atoms with Crippen molar-refractivity contribution in [3.05, 3.63) is 23.5 Å². The Labute approximate surface area is 75.3 Å². The first-order valence-electron chi connectivity index (χ1n) is 3.38. The van der Waals surface area contributed by atoms with Gasteiger partial charge in [-0.1, -0.05) is 0 Å². The van der Waals surface area contributed by atoms with Gasteiger partial charge in [-0.3, -0.25) is 0 Å². The average molecular weight is 213 g/mol. The second-order valence-corrected chi connectivity index (χ2v) is 2.41. The van der Waals surface area contributed by atoms with Crippen LogP contribution in [0.3, 0.4) is 0 Å². The van der Waals surface area contributed by atoms with Gasteiger partial charge in [0.25, 0.3) is 5.95 Å². The SMILES string of the molecule is Cc1cc(F)c(OC(F)(F)F)c(F)n1. The zero-order chi connectivity index (χ0) is 10.9. The van der Waals surface area contributed by atoms with Crippen LogP contribution in [-0.2, 0) is 0 Å². The van der Waals surface area contributed by atoms with Gasteiger partial charge < -0.3 is 4.74 Å². The van der Waals surface area contributed by atoms with Crippen LogP contribution in [0.25, 0.3) is 0 Å². The molecule has 0 saturated heterocycles. The molecular formula is C7H4F5NO. The van der Waals surface area contributed by atoms with E-state index in [1.54, 1.807) is 0 Å². The van der Waals surface area contributed by atoms with Crippen molar-refractivity contribution in [1.29, 1.82) is 0 Å². The first kappa shape index (κ1) is 10.7. The van der Waals surface area contributed by atoms with Gasteiger partial charge in [-0.2, -0.15) is 4.39 Å². The van der Waals surface area contributed by atoms with Gasteiger partial charge in [0.1, 0.15) is 0 Å². The smallest absolute Gasteiger partial charge is 0.398 e. The molecule has 0 aromatic carbocycles. The number of nitrogens with zero attached hydrogens (tertiary/aromatic N) is 1. The molecule has 1 rings (SSSR count). The predicted octanol–water partition coefficient (Wildman–Crippen LogP) is 2.57. The van der Waals surface area contributed by atoms with Crippen molar-refractivity contribution in [3.63, 3.8) is 0 Å². The molecule has 0 radical (unpaired) electrons. The van der Waals surface area contributed by atoms with Crippen LogP contribution in [0, 0.1) is 18.7 Å². The van der Waals surface area contributed by atoms with Gasteiger partial charge in [0, 0.05) is 5.69 Å². The molecular weight excluding hydrogens is 209 g/mol. The molecule has 78 valence electrons. The van der Waals surface area contributed by atoms with Crippen LogP contribution in [-0.4, -0.2) is 11.3 Å². The third-order valence-electron chi connectivity index (χ3n) is 1.23. The highest BCUT2D eigenvalue weighted by Gasteiger charge is 2.34. The van der Waals surface area contributed by atoms with E-state index < -0.39 is 23.9 Å². The van der Waals surface area contributed by atoms with Crippen LogP contribution in [0.15, 0.2) is 6.07 Å². The summed E-state index contributed by atoms with van der Waals surface area (Å²) in [6.45, 7) is 1.24. The number of pyridine rings is 1. The maximum atomic E-state index is 12.7. The third kappa shape index (κ3) is 2.54. The van der Waals surface area contributed by atoms with Crippen molar-refractivity contribution in [2.24, 2.45) is 0 Å². The highest BCUT2D eigenvalue weighted by Crippen LogP contribution is 2.27. The number of halogens is 5. The lowest BCUT2D eigenvalue weighted by Crippen LogP contribution is -2.19. The minimum absolute atomic E-state index is 0.0745. The van der Waals surface area contributed by atoms with E-state index in [9.17, 15) is 22.0 Å². The molecule has 0 fully saturated rings. The van der Waals surface area contributed by atoms with Gasteiger partial charge in [0.2, 0.25) is 5.75 Å². The monoisotopic (exact) mass is 213 g/mol. The summed E-state index contributed by atoms with van der Waals surface area (Å²) in [7, 11) is 0. The lowest BCUT2D eigenvalue weighted by Gasteiger charge is -2.09. The van der Waals surface area contributed by atoms with Crippen LogP contribution in [0.5, 0.6) is 5.75 Å². The van der Waals surface area contributed by atoms with Crippen LogP contribution in [0.1, 0.15) is 5.69 Å². The summed E-state index contributed by atoms with van der Waals surface area (Å²) in [6, 6.07) is 0.643. The first-order valence-corrected chi connectivity index (χ1v) is 3.38. The summed E-state index contributed by atoms with van der Waals surface area (Å²) in [5.41, 5.74) is -0.0745. The Morgan fingerprint density at radius 1 is 1.29 bits per heavy atom. The Kier molecular flexibility index (Phi) is 2.59. The van der Waals surface area contributed by atoms with Crippen molar-refractivity contribution in [2.45, 2.75) is 13.3 Å². The molecule has 0 aliphatic heterocycles. The molecule has 1 aromatic rings. The van der Waals surface area contributed by atoms with Crippen molar-refractivity contribution in [2.75, 3.05) is 0 Å². The second-order valence-electron chi connectivity index (χ2n) is 2.41. The molecule has 0 unspecified atom stereocenters. The third-order valence-corrected chi connectivity index (χ3v) is 1.23. The summed E-state index contributed by atoms with van der Waals surface area (Å²) in [6.07, 6.45) is -5.14. The minimum atomic E-state index is -5.14. The molecule has 1 aromatic heterocycles. The van der Waals surface area contributed by atoms with E-state index in [4.69, 9.17) is 0 Å². The largest absolute Gasteiger partial charge is 0.573 e. The average Bonchev–Trinajstić information content (AvgIpc) is 1.95. The first-order chi connectivity index (χ1) is 6.29. The van der Waals surface area contributed by atoms with E-state index in [1.165, 1.54) is 6.92 Å². The van der Waals surface area contributed by atoms with Crippen molar-refractivity contribution in [1.82, 2.24) is 4.98 Å². The Balaban J connectivity index is 3.09. The fourth-order valence-corrected chi connectivity index (χ4v) is 0.792. The van der Waals surface area contributed by atoms with Crippen molar-refractivity contribution in [3.8, 4) is 5.75 Å². The Bertz CT molecular complexity index is 325. The van der Waals surface area contributed by atoms with Crippen LogP contribution >= 0.6 is 0 Å². The zero-order valence-electron chi connectivity index (χ0n) is 6.82. The van der Waals surface area contributed by atoms with Gasteiger partial charge in [-0.05, 0) is 13.0 Å². The van der Waals surface area contributed by atoms with E-state index in [0.717, 1.165) is 0 Å². The summed E-state index contributed by atoms with van der Waals surface area (Å²) >= 11 is 0. The fraction of sp³-hybridized carbons (Fsp3) is 0.286. The van der Waals surface area contributed by atoms with Gasteiger partial charge in [0.15, 0.2) is 5.82 Å². The normalized spacial score (nSPS) is 11.6. The van der Waals surface area contributed by atoms with Gasteiger partial charge in [0.05, 0.1) is 0 Å². The van der Waals surface area contributed by atoms with Crippen LogP contribution < -0.4 is 4.74 Å². The molecule has 0 spiro atoms. The van der Waals surface area contributed by atoms with E-state index in [-0.39, 0.29) is 5.69 Å². The lowest BCUT2D eigenvalue weighted by molar-refractivity contribution is -0.276. The van der Waals surface area contributed by atoms with E-state index in [2.05, 4.69) is 9.72 Å². The summed E-state index contributed by atoms with van der Waals surface area (Å²) < 4.78 is 63.4. The molecule has 0 bridgehead atoms. The number of aromatic nitrogens is 1. The molecule has 0 aliphatic carbocycles. The lowest BCUT2D eigenvalue weighted by atomic mass is 10.3. The highest BCUT2D eigenvalue weighted by atomic mass is 19.4. The van der Waals surface area contributed by atoms with E-state index in [0.29, 0.717) is 6.07 Å². The second kappa shape index (κ2) is 3.39. The molecule has 0 saturated carbocycles.